The standard InChI is InChI=1S/C8H16N2O3/c1-7(11)6-10(3-4-13-2)8(12)5-9/h3-6,9H2,1-2H3/p+1. The van der Waals surface area contributed by atoms with Crippen molar-refractivity contribution in [3.8, 4) is 0 Å². The van der Waals surface area contributed by atoms with Gasteiger partial charge in [0.2, 0.25) is 0 Å². The summed E-state index contributed by atoms with van der Waals surface area (Å²) >= 11 is 0. The number of quaternary nitrogens is 1. The minimum atomic E-state index is -0.118. The number of Topliss-reactive ketones (excluding diaryl/α,β-unsaturated/α-hetero) is 1. The number of methoxy groups -OCH3 is 1. The Balaban J connectivity index is 4.02. The Morgan fingerprint density at radius 2 is 2.08 bits per heavy atom. The molecule has 5 nitrogen and oxygen atoms in total. The summed E-state index contributed by atoms with van der Waals surface area (Å²) in [6.45, 7) is 2.67. The van der Waals surface area contributed by atoms with Crippen molar-refractivity contribution >= 4 is 11.7 Å². The maximum Gasteiger partial charge on any atom is 0.278 e. The zero-order valence-electron chi connectivity index (χ0n) is 8.21. The summed E-state index contributed by atoms with van der Waals surface area (Å²) in [5, 5.41) is 0. The Kier molecular flexibility index (Phi) is 6.09. The highest BCUT2D eigenvalue weighted by molar-refractivity contribution is 5.84. The summed E-state index contributed by atoms with van der Waals surface area (Å²) in [6.07, 6.45) is 0. The Bertz CT molecular complexity index is 182. The molecular weight excluding hydrogens is 172 g/mol. The summed E-state index contributed by atoms with van der Waals surface area (Å²) in [4.78, 5) is 23.4. The second kappa shape index (κ2) is 6.56. The summed E-state index contributed by atoms with van der Waals surface area (Å²) in [7, 11) is 1.56. The van der Waals surface area contributed by atoms with Gasteiger partial charge in [0.25, 0.3) is 5.91 Å². The van der Waals surface area contributed by atoms with Gasteiger partial charge >= 0.3 is 0 Å². The summed E-state index contributed by atoms with van der Waals surface area (Å²) in [6, 6.07) is 0. The monoisotopic (exact) mass is 189 g/mol. The van der Waals surface area contributed by atoms with Gasteiger partial charge in [0.1, 0.15) is 5.78 Å². The van der Waals surface area contributed by atoms with Crippen LogP contribution in [0.1, 0.15) is 6.92 Å². The molecule has 0 aliphatic heterocycles. The molecule has 0 aromatic carbocycles. The number of carbonyl (C=O) groups is 2. The lowest BCUT2D eigenvalue weighted by Gasteiger charge is -2.18. The zero-order valence-corrected chi connectivity index (χ0v) is 8.21. The van der Waals surface area contributed by atoms with E-state index in [2.05, 4.69) is 5.73 Å². The topological polar surface area (TPSA) is 74.2 Å². The van der Waals surface area contributed by atoms with E-state index < -0.39 is 0 Å². The van der Waals surface area contributed by atoms with Gasteiger partial charge in [-0.05, 0) is 6.92 Å². The Morgan fingerprint density at radius 3 is 2.46 bits per heavy atom. The van der Waals surface area contributed by atoms with Gasteiger partial charge < -0.3 is 15.4 Å². The fourth-order valence-corrected chi connectivity index (χ4v) is 0.920. The normalized spacial score (nSPS) is 9.77. The third-order valence-corrected chi connectivity index (χ3v) is 1.55. The number of carbonyl (C=O) groups excluding carboxylic acids is 2. The number of ketones is 1. The van der Waals surface area contributed by atoms with E-state index in [9.17, 15) is 9.59 Å². The highest BCUT2D eigenvalue weighted by Crippen LogP contribution is 1.89. The average molecular weight is 189 g/mol. The van der Waals surface area contributed by atoms with Gasteiger partial charge in [-0.1, -0.05) is 0 Å². The molecule has 0 saturated heterocycles. The van der Waals surface area contributed by atoms with E-state index in [-0.39, 0.29) is 24.8 Å². The van der Waals surface area contributed by atoms with Crippen molar-refractivity contribution in [3.63, 3.8) is 0 Å². The molecule has 0 fully saturated rings. The number of ether oxygens (including phenoxy) is 1. The second-order valence-electron chi connectivity index (χ2n) is 2.76. The van der Waals surface area contributed by atoms with Crippen molar-refractivity contribution in [1.82, 2.24) is 4.90 Å². The molecule has 0 unspecified atom stereocenters. The lowest BCUT2D eigenvalue weighted by atomic mass is 10.3. The van der Waals surface area contributed by atoms with Crippen LogP contribution in [-0.2, 0) is 14.3 Å². The van der Waals surface area contributed by atoms with Crippen molar-refractivity contribution in [2.75, 3.05) is 33.4 Å². The van der Waals surface area contributed by atoms with E-state index in [1.165, 1.54) is 11.8 Å². The van der Waals surface area contributed by atoms with Gasteiger partial charge in [-0.15, -0.1) is 0 Å². The molecule has 0 bridgehead atoms. The Hall–Kier alpha value is -0.940. The van der Waals surface area contributed by atoms with Crippen LogP contribution in [0.4, 0.5) is 0 Å². The van der Waals surface area contributed by atoms with E-state index in [4.69, 9.17) is 4.74 Å². The Morgan fingerprint density at radius 1 is 1.46 bits per heavy atom. The van der Waals surface area contributed by atoms with Crippen molar-refractivity contribution in [2.24, 2.45) is 0 Å². The largest absolute Gasteiger partial charge is 0.383 e. The molecule has 0 saturated carbocycles. The number of amides is 1. The molecule has 3 N–H and O–H groups in total. The first kappa shape index (κ1) is 12.1. The second-order valence-corrected chi connectivity index (χ2v) is 2.76. The molecule has 0 aromatic heterocycles. The minimum absolute atomic E-state index is 0.0297. The van der Waals surface area contributed by atoms with Crippen LogP contribution in [0.25, 0.3) is 0 Å². The molecule has 0 atom stereocenters. The van der Waals surface area contributed by atoms with E-state index in [1.807, 2.05) is 0 Å². The summed E-state index contributed by atoms with van der Waals surface area (Å²) < 4.78 is 4.82. The SMILES string of the molecule is COCCN(CC(C)=O)C(=O)C[NH3+]. The van der Waals surface area contributed by atoms with E-state index in [1.54, 1.807) is 7.11 Å². The Labute approximate surface area is 77.8 Å². The van der Waals surface area contributed by atoms with Gasteiger partial charge in [-0.2, -0.15) is 0 Å². The van der Waals surface area contributed by atoms with Crippen LogP contribution >= 0.6 is 0 Å². The molecule has 0 heterocycles. The predicted octanol–water partition coefficient (Wildman–Crippen LogP) is -1.71. The zero-order chi connectivity index (χ0) is 10.3. The minimum Gasteiger partial charge on any atom is -0.383 e. The van der Waals surface area contributed by atoms with E-state index in [0.29, 0.717) is 13.2 Å². The highest BCUT2D eigenvalue weighted by atomic mass is 16.5. The number of hydrogen-bond donors (Lipinski definition) is 1. The van der Waals surface area contributed by atoms with Crippen LogP contribution in [0, 0.1) is 0 Å². The third kappa shape index (κ3) is 5.32. The van der Waals surface area contributed by atoms with Gasteiger partial charge in [0, 0.05) is 13.7 Å². The fraction of sp³-hybridized carbons (Fsp3) is 0.750. The predicted molar refractivity (Wildman–Crippen MR) is 46.9 cm³/mol. The van der Waals surface area contributed by atoms with Gasteiger partial charge in [0.05, 0.1) is 13.2 Å². The van der Waals surface area contributed by atoms with Crippen LogP contribution in [0.2, 0.25) is 0 Å². The molecule has 1 amide bonds. The maximum absolute atomic E-state index is 11.2. The molecule has 0 aliphatic carbocycles. The molecule has 0 radical (unpaired) electrons. The van der Waals surface area contributed by atoms with Crippen LogP contribution < -0.4 is 5.73 Å². The van der Waals surface area contributed by atoms with Crippen molar-refractivity contribution < 1.29 is 20.1 Å². The van der Waals surface area contributed by atoms with Crippen LogP contribution in [0.5, 0.6) is 0 Å². The molecule has 76 valence electrons. The third-order valence-electron chi connectivity index (χ3n) is 1.55. The van der Waals surface area contributed by atoms with Crippen LogP contribution in [0.15, 0.2) is 0 Å². The molecule has 0 aromatic rings. The van der Waals surface area contributed by atoms with Gasteiger partial charge in [-0.3, -0.25) is 9.59 Å². The molecular formula is C8H17N2O3+. The van der Waals surface area contributed by atoms with E-state index in [0.717, 1.165) is 0 Å². The quantitative estimate of drug-likeness (QED) is 0.541. The van der Waals surface area contributed by atoms with Crippen molar-refractivity contribution in [3.05, 3.63) is 0 Å². The van der Waals surface area contributed by atoms with Crippen LogP contribution in [0.3, 0.4) is 0 Å². The van der Waals surface area contributed by atoms with Crippen LogP contribution in [-0.4, -0.2) is 49.9 Å². The maximum atomic E-state index is 11.2. The molecule has 5 heteroatoms. The van der Waals surface area contributed by atoms with Gasteiger partial charge in [0.15, 0.2) is 6.54 Å². The first-order chi connectivity index (χ1) is 6.11. The first-order valence-electron chi connectivity index (χ1n) is 4.17. The fourth-order valence-electron chi connectivity index (χ4n) is 0.920. The smallest absolute Gasteiger partial charge is 0.278 e. The lowest BCUT2D eigenvalue weighted by molar-refractivity contribution is -0.357. The number of hydrogen-bond acceptors (Lipinski definition) is 3. The first-order valence-corrected chi connectivity index (χ1v) is 4.17. The highest BCUT2D eigenvalue weighted by Gasteiger charge is 2.14. The summed E-state index contributed by atoms with van der Waals surface area (Å²) in [5.74, 6) is -0.148. The van der Waals surface area contributed by atoms with Crippen molar-refractivity contribution in [1.29, 1.82) is 0 Å². The molecule has 0 rings (SSSR count). The number of rotatable bonds is 6. The lowest BCUT2D eigenvalue weighted by Crippen LogP contribution is -2.58. The van der Waals surface area contributed by atoms with E-state index >= 15 is 0 Å². The van der Waals surface area contributed by atoms with Gasteiger partial charge in [-0.25, -0.2) is 0 Å². The molecule has 0 spiro atoms. The molecule has 13 heavy (non-hydrogen) atoms. The average Bonchev–Trinajstić information content (AvgIpc) is 2.10. The molecule has 0 aliphatic rings. The van der Waals surface area contributed by atoms with Crippen molar-refractivity contribution in [2.45, 2.75) is 6.92 Å². The number of nitrogens with zero attached hydrogens (tertiary/aromatic N) is 1. The summed E-state index contributed by atoms with van der Waals surface area (Å²) in [5.41, 5.74) is 3.48.